The first-order chi connectivity index (χ1) is 10.6. The second kappa shape index (κ2) is 4.35. The van der Waals surface area contributed by atoms with Gasteiger partial charge in [0, 0.05) is 16.5 Å². The zero-order valence-corrected chi connectivity index (χ0v) is 11.0. The molecule has 1 aliphatic carbocycles. The highest BCUT2D eigenvalue weighted by atomic mass is 16.2. The van der Waals surface area contributed by atoms with Crippen molar-refractivity contribution in [2.45, 2.75) is 5.89 Å². The van der Waals surface area contributed by atoms with Crippen molar-refractivity contribution in [2.75, 3.05) is 0 Å². The van der Waals surface area contributed by atoms with E-state index in [4.69, 9.17) is 1.37 Å². The van der Waals surface area contributed by atoms with Crippen LogP contribution in [0.1, 0.15) is 33.7 Å². The first-order valence-electron chi connectivity index (χ1n) is 7.17. The summed E-state index contributed by atoms with van der Waals surface area (Å²) in [4.78, 5) is 29.6. The van der Waals surface area contributed by atoms with Gasteiger partial charge >= 0.3 is 0 Å². The molecule has 3 nitrogen and oxygen atoms in total. The van der Waals surface area contributed by atoms with Gasteiger partial charge in [-0.05, 0) is 12.1 Å². The first-order valence-corrected chi connectivity index (χ1v) is 6.67. The number of Topliss-reactive ketones (excluding diaryl/α,β-unsaturated/α-hetero) is 2. The molecule has 0 saturated heterocycles. The molecule has 0 aliphatic heterocycles. The Labute approximate surface area is 122 Å². The summed E-state index contributed by atoms with van der Waals surface area (Å²) in [5, 5.41) is 0.908. The van der Waals surface area contributed by atoms with Crippen LogP contribution in [0.3, 0.4) is 0 Å². The number of hydrogen-bond acceptors (Lipinski definition) is 3. The van der Waals surface area contributed by atoms with Crippen molar-refractivity contribution in [3.8, 4) is 0 Å². The molecule has 1 aromatic heterocycles. The first kappa shape index (κ1) is 10.9. The van der Waals surface area contributed by atoms with Crippen LogP contribution in [-0.2, 0) is 0 Å². The lowest BCUT2D eigenvalue weighted by Gasteiger charge is -2.07. The number of hydrogen-bond donors (Lipinski definition) is 0. The number of aromatic nitrogens is 1. The van der Waals surface area contributed by atoms with Gasteiger partial charge in [-0.3, -0.25) is 14.6 Å². The number of fused-ring (bicyclic) bond motifs is 2. The van der Waals surface area contributed by atoms with E-state index >= 15 is 0 Å². The van der Waals surface area contributed by atoms with Crippen molar-refractivity contribution < 1.29 is 11.0 Å². The van der Waals surface area contributed by atoms with Gasteiger partial charge in [0.1, 0.15) is 5.89 Å². The summed E-state index contributed by atoms with van der Waals surface area (Å²) in [5.41, 5.74) is 1.45. The van der Waals surface area contributed by atoms with Gasteiger partial charge in [0.2, 0.25) is 0 Å². The van der Waals surface area contributed by atoms with Crippen LogP contribution in [0.25, 0.3) is 10.9 Å². The SMILES string of the molecule is [2H]C1(c2ccc3ccccc3n2)C(=O)c2ccccc2C1=O. The molecule has 100 valence electrons. The van der Waals surface area contributed by atoms with Crippen LogP contribution < -0.4 is 0 Å². The average Bonchev–Trinajstić information content (AvgIpc) is 2.77. The lowest BCUT2D eigenvalue weighted by molar-refractivity contribution is 0.0888. The highest BCUT2D eigenvalue weighted by Gasteiger charge is 2.40. The van der Waals surface area contributed by atoms with Crippen molar-refractivity contribution in [3.05, 3.63) is 77.5 Å². The fourth-order valence-electron chi connectivity index (χ4n) is 2.69. The molecule has 0 radical (unpaired) electrons. The number of para-hydroxylation sites is 1. The van der Waals surface area contributed by atoms with E-state index in [1.54, 1.807) is 42.5 Å². The van der Waals surface area contributed by atoms with Gasteiger partial charge in [0.05, 0.1) is 12.6 Å². The highest BCUT2D eigenvalue weighted by Crippen LogP contribution is 2.33. The van der Waals surface area contributed by atoms with E-state index in [0.717, 1.165) is 5.39 Å². The summed E-state index contributed by atoms with van der Waals surface area (Å²) < 4.78 is 8.53. The quantitative estimate of drug-likeness (QED) is 0.639. The third-order valence-corrected chi connectivity index (χ3v) is 3.72. The molecule has 3 heteroatoms. The van der Waals surface area contributed by atoms with E-state index in [-0.39, 0.29) is 5.69 Å². The van der Waals surface area contributed by atoms with Gasteiger partial charge < -0.3 is 0 Å². The Kier molecular flexibility index (Phi) is 2.26. The molecule has 3 aromatic rings. The second-order valence-electron chi connectivity index (χ2n) is 4.97. The van der Waals surface area contributed by atoms with E-state index in [1.807, 2.05) is 18.2 Å². The smallest absolute Gasteiger partial charge is 0.180 e. The minimum absolute atomic E-state index is 0.178. The molecule has 0 fully saturated rings. The molecule has 0 N–H and O–H groups in total. The molecule has 0 atom stereocenters. The summed E-state index contributed by atoms with van der Waals surface area (Å²) in [7, 11) is 0. The Hall–Kier alpha value is -2.81. The number of ketones is 2. The minimum atomic E-state index is -1.98. The van der Waals surface area contributed by atoms with Gasteiger partial charge in [0.25, 0.3) is 0 Å². The zero-order chi connectivity index (χ0) is 15.3. The van der Waals surface area contributed by atoms with Gasteiger partial charge in [-0.15, -0.1) is 0 Å². The van der Waals surface area contributed by atoms with Crippen molar-refractivity contribution in [3.63, 3.8) is 0 Å². The van der Waals surface area contributed by atoms with E-state index in [9.17, 15) is 9.59 Å². The highest BCUT2D eigenvalue weighted by molar-refractivity contribution is 6.29. The summed E-state index contributed by atoms with van der Waals surface area (Å²) >= 11 is 0. The maximum Gasteiger partial charge on any atom is 0.180 e. The van der Waals surface area contributed by atoms with Gasteiger partial charge in [0.15, 0.2) is 11.6 Å². The third-order valence-electron chi connectivity index (χ3n) is 3.72. The lowest BCUT2D eigenvalue weighted by atomic mass is 9.98. The molecular formula is C18H11NO2. The number of pyridine rings is 1. The van der Waals surface area contributed by atoms with E-state index in [1.165, 1.54) is 0 Å². The lowest BCUT2D eigenvalue weighted by Crippen LogP contribution is -2.14. The molecule has 2 aromatic carbocycles. The zero-order valence-electron chi connectivity index (χ0n) is 12.0. The van der Waals surface area contributed by atoms with Crippen molar-refractivity contribution in [1.29, 1.82) is 0 Å². The third kappa shape index (κ3) is 1.71. The Morgan fingerprint density at radius 3 is 2.14 bits per heavy atom. The molecule has 0 bridgehead atoms. The second-order valence-corrected chi connectivity index (χ2v) is 4.97. The van der Waals surface area contributed by atoms with Crippen LogP contribution in [0.5, 0.6) is 0 Å². The summed E-state index contributed by atoms with van der Waals surface area (Å²) in [6.45, 7) is 0. The van der Waals surface area contributed by atoms with E-state index in [2.05, 4.69) is 4.98 Å². The molecular weight excluding hydrogens is 262 g/mol. The van der Waals surface area contributed by atoms with Crippen molar-refractivity contribution >= 4 is 22.5 Å². The summed E-state index contributed by atoms with van der Waals surface area (Å²) in [6, 6.07) is 17.4. The van der Waals surface area contributed by atoms with Crippen molar-refractivity contribution in [1.82, 2.24) is 4.98 Å². The Morgan fingerprint density at radius 1 is 0.810 bits per heavy atom. The Morgan fingerprint density at radius 2 is 1.43 bits per heavy atom. The van der Waals surface area contributed by atoms with Crippen LogP contribution in [-0.4, -0.2) is 16.6 Å². The molecule has 0 saturated carbocycles. The maximum absolute atomic E-state index is 12.6. The predicted octanol–water partition coefficient (Wildman–Crippen LogP) is 3.40. The van der Waals surface area contributed by atoms with Crippen LogP contribution in [0, 0.1) is 0 Å². The van der Waals surface area contributed by atoms with Crippen LogP contribution >= 0.6 is 0 Å². The molecule has 1 aliphatic rings. The van der Waals surface area contributed by atoms with Crippen molar-refractivity contribution in [2.24, 2.45) is 0 Å². The molecule has 0 amide bonds. The fourth-order valence-corrected chi connectivity index (χ4v) is 2.69. The number of carbonyl (C=O) groups is 2. The van der Waals surface area contributed by atoms with E-state index in [0.29, 0.717) is 16.6 Å². The maximum atomic E-state index is 12.6. The largest absolute Gasteiger partial charge is 0.293 e. The fraction of sp³-hybridized carbons (Fsp3) is 0.0556. The van der Waals surface area contributed by atoms with E-state index < -0.39 is 17.5 Å². The summed E-state index contributed by atoms with van der Waals surface area (Å²) in [5.74, 6) is -2.99. The Bertz CT molecular complexity index is 913. The number of benzene rings is 2. The average molecular weight is 274 g/mol. The van der Waals surface area contributed by atoms with Crippen LogP contribution in [0.15, 0.2) is 60.7 Å². The number of rotatable bonds is 1. The topological polar surface area (TPSA) is 47.0 Å². The predicted molar refractivity (Wildman–Crippen MR) is 79.6 cm³/mol. The van der Waals surface area contributed by atoms with Gasteiger partial charge in [-0.25, -0.2) is 0 Å². The van der Waals surface area contributed by atoms with Gasteiger partial charge in [-0.2, -0.15) is 0 Å². The number of carbonyl (C=O) groups excluding carboxylic acids is 2. The normalized spacial score (nSPS) is 16.9. The van der Waals surface area contributed by atoms with Crippen LogP contribution in [0.4, 0.5) is 0 Å². The monoisotopic (exact) mass is 274 g/mol. The summed E-state index contributed by atoms with van der Waals surface area (Å²) in [6.07, 6.45) is 0. The minimum Gasteiger partial charge on any atom is -0.293 e. The van der Waals surface area contributed by atoms with Gasteiger partial charge in [-0.1, -0.05) is 48.5 Å². The number of nitrogens with zero attached hydrogens (tertiary/aromatic N) is 1. The molecule has 0 spiro atoms. The molecule has 21 heavy (non-hydrogen) atoms. The van der Waals surface area contributed by atoms with Crippen LogP contribution in [0.2, 0.25) is 0 Å². The standard InChI is InChI=1S/C18H11NO2/c20-17-12-6-2-3-7-13(12)18(21)16(17)15-10-9-11-5-1-4-8-14(11)19-15/h1-10,16H/i16D. The molecule has 1 heterocycles. The molecule has 4 rings (SSSR count). The Balaban J connectivity index is 1.94. The molecule has 0 unspecified atom stereocenters.